The molecule has 0 aromatic heterocycles. The predicted molar refractivity (Wildman–Crippen MR) is 72.3 cm³/mol. The van der Waals surface area contributed by atoms with E-state index in [1.807, 2.05) is 12.1 Å². The molecule has 0 bridgehead atoms. The van der Waals surface area contributed by atoms with Crippen molar-refractivity contribution in [3.05, 3.63) is 29.3 Å². The van der Waals surface area contributed by atoms with E-state index in [0.717, 1.165) is 0 Å². The number of carbonyl (C=O) groups is 1. The first-order valence-electron chi connectivity index (χ1n) is 5.07. The number of benzene rings is 1. The van der Waals surface area contributed by atoms with Gasteiger partial charge in [0.05, 0.1) is 16.5 Å². The molecule has 0 spiro atoms. The Hall–Kier alpha value is -0.670. The van der Waals surface area contributed by atoms with Crippen LogP contribution in [-0.2, 0) is 4.79 Å². The van der Waals surface area contributed by atoms with Gasteiger partial charge in [0.1, 0.15) is 0 Å². The standard InChI is InChI=1S/C12H16ClNOS/c1-12(2,3)16-8-11(15)14-10-7-5-4-6-9(10)13/h4-7H,8H2,1-3H3,(H,14,15). The summed E-state index contributed by atoms with van der Waals surface area (Å²) in [6.07, 6.45) is 0. The Bertz CT molecular complexity index is 374. The lowest BCUT2D eigenvalue weighted by molar-refractivity contribution is -0.113. The molecule has 0 fully saturated rings. The lowest BCUT2D eigenvalue weighted by Crippen LogP contribution is -2.19. The van der Waals surface area contributed by atoms with Crippen LogP contribution in [0.1, 0.15) is 20.8 Å². The Morgan fingerprint density at radius 3 is 2.56 bits per heavy atom. The highest BCUT2D eigenvalue weighted by Crippen LogP contribution is 2.24. The molecule has 0 saturated heterocycles. The number of para-hydroxylation sites is 1. The van der Waals surface area contributed by atoms with Crippen LogP contribution >= 0.6 is 23.4 Å². The van der Waals surface area contributed by atoms with Gasteiger partial charge in [0.15, 0.2) is 0 Å². The van der Waals surface area contributed by atoms with Gasteiger partial charge < -0.3 is 5.32 Å². The molecule has 1 aromatic carbocycles. The van der Waals surface area contributed by atoms with Crippen LogP contribution < -0.4 is 5.32 Å². The molecule has 0 heterocycles. The van der Waals surface area contributed by atoms with Crippen LogP contribution in [0.2, 0.25) is 5.02 Å². The lowest BCUT2D eigenvalue weighted by Gasteiger charge is -2.17. The summed E-state index contributed by atoms with van der Waals surface area (Å²) in [6.45, 7) is 6.25. The molecule has 0 saturated carbocycles. The van der Waals surface area contributed by atoms with Crippen molar-refractivity contribution in [2.75, 3.05) is 11.1 Å². The van der Waals surface area contributed by atoms with Crippen molar-refractivity contribution in [3.8, 4) is 0 Å². The minimum absolute atomic E-state index is 0.0203. The highest BCUT2D eigenvalue weighted by atomic mass is 35.5. The van der Waals surface area contributed by atoms with Gasteiger partial charge in [-0.15, -0.1) is 11.8 Å². The van der Waals surface area contributed by atoms with Crippen molar-refractivity contribution in [2.45, 2.75) is 25.5 Å². The lowest BCUT2D eigenvalue weighted by atomic mass is 10.3. The molecule has 1 N–H and O–H groups in total. The van der Waals surface area contributed by atoms with Gasteiger partial charge in [0, 0.05) is 4.75 Å². The second-order valence-corrected chi connectivity index (χ2v) is 6.64. The Morgan fingerprint density at radius 1 is 1.38 bits per heavy atom. The average Bonchev–Trinajstić information content (AvgIpc) is 2.18. The molecule has 0 aliphatic heterocycles. The number of thioether (sulfide) groups is 1. The third-order valence-corrected chi connectivity index (χ3v) is 3.39. The summed E-state index contributed by atoms with van der Waals surface area (Å²) in [5, 5.41) is 3.36. The van der Waals surface area contributed by atoms with Gasteiger partial charge in [-0.2, -0.15) is 0 Å². The zero-order valence-electron chi connectivity index (χ0n) is 9.71. The number of nitrogens with one attached hydrogen (secondary N) is 1. The fraction of sp³-hybridized carbons (Fsp3) is 0.417. The van der Waals surface area contributed by atoms with E-state index >= 15 is 0 Å². The van der Waals surface area contributed by atoms with Gasteiger partial charge in [-0.05, 0) is 12.1 Å². The fourth-order valence-corrected chi connectivity index (χ4v) is 1.85. The van der Waals surface area contributed by atoms with Crippen molar-refractivity contribution < 1.29 is 4.79 Å². The van der Waals surface area contributed by atoms with E-state index in [2.05, 4.69) is 26.1 Å². The van der Waals surface area contributed by atoms with Crippen LogP contribution in [0.3, 0.4) is 0 Å². The first kappa shape index (κ1) is 13.4. The molecule has 0 unspecified atom stereocenters. The summed E-state index contributed by atoms with van der Waals surface area (Å²) >= 11 is 7.55. The number of halogens is 1. The highest BCUT2D eigenvalue weighted by molar-refractivity contribution is 8.01. The quantitative estimate of drug-likeness (QED) is 0.892. The van der Waals surface area contributed by atoms with E-state index in [4.69, 9.17) is 11.6 Å². The third kappa shape index (κ3) is 4.90. The molecule has 2 nitrogen and oxygen atoms in total. The number of rotatable bonds is 3. The maximum atomic E-state index is 11.6. The number of hydrogen-bond donors (Lipinski definition) is 1. The second-order valence-electron chi connectivity index (χ2n) is 4.43. The molecule has 1 rings (SSSR count). The third-order valence-electron chi connectivity index (χ3n) is 1.78. The Labute approximate surface area is 106 Å². The van der Waals surface area contributed by atoms with Crippen LogP contribution in [0.5, 0.6) is 0 Å². The monoisotopic (exact) mass is 257 g/mol. The van der Waals surface area contributed by atoms with Gasteiger partial charge in [0.2, 0.25) is 5.91 Å². The minimum atomic E-state index is -0.0203. The van der Waals surface area contributed by atoms with Crippen LogP contribution in [0.4, 0.5) is 5.69 Å². The molecule has 0 aliphatic carbocycles. The Morgan fingerprint density at radius 2 is 2.00 bits per heavy atom. The van der Waals surface area contributed by atoms with Crippen LogP contribution in [0.15, 0.2) is 24.3 Å². The van der Waals surface area contributed by atoms with Crippen molar-refractivity contribution in [3.63, 3.8) is 0 Å². The second kappa shape index (κ2) is 5.60. The number of anilines is 1. The Kier molecular flexibility index (Phi) is 4.69. The van der Waals surface area contributed by atoms with E-state index in [1.165, 1.54) is 0 Å². The largest absolute Gasteiger partial charge is 0.324 e. The van der Waals surface area contributed by atoms with Gasteiger partial charge in [-0.3, -0.25) is 4.79 Å². The molecule has 0 aliphatic rings. The molecule has 0 radical (unpaired) electrons. The van der Waals surface area contributed by atoms with Crippen molar-refractivity contribution in [2.24, 2.45) is 0 Å². The van der Waals surface area contributed by atoms with Gasteiger partial charge in [-0.1, -0.05) is 44.5 Å². The van der Waals surface area contributed by atoms with Crippen LogP contribution in [-0.4, -0.2) is 16.4 Å². The summed E-state index contributed by atoms with van der Waals surface area (Å²) < 4.78 is 0.0951. The van der Waals surface area contributed by atoms with E-state index in [0.29, 0.717) is 16.5 Å². The summed E-state index contributed by atoms with van der Waals surface area (Å²) in [6, 6.07) is 7.23. The van der Waals surface area contributed by atoms with E-state index in [9.17, 15) is 4.79 Å². The molecule has 4 heteroatoms. The summed E-state index contributed by atoms with van der Waals surface area (Å²) in [7, 11) is 0. The van der Waals surface area contributed by atoms with E-state index in [1.54, 1.807) is 23.9 Å². The zero-order chi connectivity index (χ0) is 12.2. The zero-order valence-corrected chi connectivity index (χ0v) is 11.3. The fourth-order valence-electron chi connectivity index (χ4n) is 1.03. The van der Waals surface area contributed by atoms with Crippen molar-refractivity contribution in [1.82, 2.24) is 0 Å². The van der Waals surface area contributed by atoms with Gasteiger partial charge in [0.25, 0.3) is 0 Å². The van der Waals surface area contributed by atoms with E-state index < -0.39 is 0 Å². The summed E-state index contributed by atoms with van der Waals surface area (Å²) in [5.74, 6) is 0.419. The maximum Gasteiger partial charge on any atom is 0.234 e. The predicted octanol–water partition coefficient (Wildman–Crippen LogP) is 3.81. The Balaban J connectivity index is 2.50. The normalized spacial score (nSPS) is 11.2. The summed E-state index contributed by atoms with van der Waals surface area (Å²) in [5.41, 5.74) is 0.670. The van der Waals surface area contributed by atoms with Crippen molar-refractivity contribution in [1.29, 1.82) is 0 Å². The van der Waals surface area contributed by atoms with Crippen LogP contribution in [0.25, 0.3) is 0 Å². The molecule has 1 aromatic rings. The van der Waals surface area contributed by atoms with Gasteiger partial charge in [-0.25, -0.2) is 0 Å². The first-order valence-corrected chi connectivity index (χ1v) is 6.43. The maximum absolute atomic E-state index is 11.6. The molecule has 1 amide bonds. The topological polar surface area (TPSA) is 29.1 Å². The molecular weight excluding hydrogens is 242 g/mol. The smallest absolute Gasteiger partial charge is 0.234 e. The molecular formula is C12H16ClNOS. The van der Waals surface area contributed by atoms with Crippen molar-refractivity contribution >= 4 is 35.0 Å². The molecule has 16 heavy (non-hydrogen) atoms. The highest BCUT2D eigenvalue weighted by Gasteiger charge is 2.13. The minimum Gasteiger partial charge on any atom is -0.324 e. The molecule has 0 atom stereocenters. The number of carbonyl (C=O) groups excluding carboxylic acids is 1. The average molecular weight is 258 g/mol. The van der Waals surface area contributed by atoms with Crippen LogP contribution in [0, 0.1) is 0 Å². The number of hydrogen-bond acceptors (Lipinski definition) is 2. The molecule has 88 valence electrons. The van der Waals surface area contributed by atoms with Gasteiger partial charge >= 0.3 is 0 Å². The SMILES string of the molecule is CC(C)(C)SCC(=O)Nc1ccccc1Cl. The van der Waals surface area contributed by atoms with E-state index in [-0.39, 0.29) is 10.7 Å². The first-order chi connectivity index (χ1) is 7.38. The number of amides is 1. The summed E-state index contributed by atoms with van der Waals surface area (Å²) in [4.78, 5) is 11.6.